The van der Waals surface area contributed by atoms with E-state index in [2.05, 4.69) is 5.32 Å². The van der Waals surface area contributed by atoms with Gasteiger partial charge >= 0.3 is 0 Å². The molecule has 1 aromatic rings. The Morgan fingerprint density at radius 2 is 1.85 bits per heavy atom. The highest BCUT2D eigenvalue weighted by atomic mass is 32.2. The summed E-state index contributed by atoms with van der Waals surface area (Å²) >= 11 is 0. The zero-order chi connectivity index (χ0) is 15.3. The molecule has 0 aliphatic heterocycles. The molecule has 1 aromatic carbocycles. The van der Waals surface area contributed by atoms with Crippen molar-refractivity contribution in [3.63, 3.8) is 0 Å². The molecule has 0 heterocycles. The number of halogens is 1. The molecular weight excluding hydrogens is 289 g/mol. The second-order valence-electron chi connectivity index (χ2n) is 3.91. The molecule has 0 bridgehead atoms. The minimum Gasteiger partial charge on any atom is -0.370 e. The van der Waals surface area contributed by atoms with Crippen molar-refractivity contribution < 1.29 is 22.4 Å². The predicted molar refractivity (Wildman–Crippen MR) is 68.4 cm³/mol. The SMILES string of the molecule is CNC(=O)[C@H](CC(N)=O)NS(=O)(=O)c1ccc(F)cc1. The fourth-order valence-electron chi connectivity index (χ4n) is 1.43. The van der Waals surface area contributed by atoms with Crippen molar-refractivity contribution >= 4 is 21.8 Å². The van der Waals surface area contributed by atoms with E-state index in [1.807, 2.05) is 4.72 Å². The van der Waals surface area contributed by atoms with Gasteiger partial charge in [0.05, 0.1) is 11.3 Å². The Kier molecular flexibility index (Phi) is 5.17. The lowest BCUT2D eigenvalue weighted by Gasteiger charge is -2.15. The number of hydrogen-bond donors (Lipinski definition) is 3. The van der Waals surface area contributed by atoms with Gasteiger partial charge in [0.2, 0.25) is 21.8 Å². The van der Waals surface area contributed by atoms with Gasteiger partial charge in [-0.25, -0.2) is 12.8 Å². The van der Waals surface area contributed by atoms with Crippen molar-refractivity contribution in [2.45, 2.75) is 17.4 Å². The second kappa shape index (κ2) is 6.44. The highest BCUT2D eigenvalue weighted by Gasteiger charge is 2.26. The number of rotatable bonds is 6. The summed E-state index contributed by atoms with van der Waals surface area (Å²) in [7, 11) is -2.77. The maximum absolute atomic E-state index is 12.8. The third kappa shape index (κ3) is 4.28. The van der Waals surface area contributed by atoms with Gasteiger partial charge < -0.3 is 11.1 Å². The lowest BCUT2D eigenvalue weighted by Crippen LogP contribution is -2.47. The van der Waals surface area contributed by atoms with Crippen LogP contribution in [-0.4, -0.2) is 33.3 Å². The number of nitrogens with one attached hydrogen (secondary N) is 2. The van der Waals surface area contributed by atoms with Gasteiger partial charge in [0.25, 0.3) is 0 Å². The molecule has 1 atom stereocenters. The highest BCUT2D eigenvalue weighted by Crippen LogP contribution is 2.11. The molecule has 110 valence electrons. The van der Waals surface area contributed by atoms with Crippen molar-refractivity contribution in [3.8, 4) is 0 Å². The van der Waals surface area contributed by atoms with E-state index in [4.69, 9.17) is 5.73 Å². The van der Waals surface area contributed by atoms with Crippen LogP contribution in [0.4, 0.5) is 4.39 Å². The maximum atomic E-state index is 12.8. The number of carbonyl (C=O) groups excluding carboxylic acids is 2. The lowest BCUT2D eigenvalue weighted by molar-refractivity contribution is -0.126. The molecule has 0 unspecified atom stereocenters. The molecule has 0 aromatic heterocycles. The number of nitrogens with two attached hydrogens (primary N) is 1. The van der Waals surface area contributed by atoms with Crippen LogP contribution in [0, 0.1) is 5.82 Å². The fraction of sp³-hybridized carbons (Fsp3) is 0.273. The molecule has 7 nitrogen and oxygen atoms in total. The summed E-state index contributed by atoms with van der Waals surface area (Å²) in [6.07, 6.45) is -0.486. The van der Waals surface area contributed by atoms with Crippen molar-refractivity contribution in [2.75, 3.05) is 7.05 Å². The molecule has 1 rings (SSSR count). The quantitative estimate of drug-likeness (QED) is 0.630. The van der Waals surface area contributed by atoms with E-state index < -0.39 is 40.1 Å². The summed E-state index contributed by atoms with van der Waals surface area (Å²) in [5.41, 5.74) is 4.96. The number of hydrogen-bond acceptors (Lipinski definition) is 4. The van der Waals surface area contributed by atoms with Crippen LogP contribution in [0.5, 0.6) is 0 Å². The molecule has 0 aliphatic rings. The first kappa shape index (κ1) is 16.1. The van der Waals surface area contributed by atoms with Crippen LogP contribution in [0.1, 0.15) is 6.42 Å². The minimum atomic E-state index is -4.06. The fourth-order valence-corrected chi connectivity index (χ4v) is 2.63. The van der Waals surface area contributed by atoms with E-state index in [0.29, 0.717) is 0 Å². The Morgan fingerprint density at radius 1 is 1.30 bits per heavy atom. The molecule has 0 saturated carbocycles. The largest absolute Gasteiger partial charge is 0.370 e. The predicted octanol–water partition coefficient (Wildman–Crippen LogP) is -0.906. The Bertz CT molecular complexity index is 601. The van der Waals surface area contributed by atoms with Crippen molar-refractivity contribution in [1.82, 2.24) is 10.0 Å². The van der Waals surface area contributed by atoms with Crippen LogP contribution >= 0.6 is 0 Å². The molecule has 0 fully saturated rings. The van der Waals surface area contributed by atoms with Crippen molar-refractivity contribution in [1.29, 1.82) is 0 Å². The number of sulfonamides is 1. The van der Waals surface area contributed by atoms with E-state index in [0.717, 1.165) is 24.3 Å². The Morgan fingerprint density at radius 3 is 2.30 bits per heavy atom. The lowest BCUT2D eigenvalue weighted by atomic mass is 10.2. The summed E-state index contributed by atoms with van der Waals surface area (Å²) in [6, 6.07) is 2.70. The normalized spacial score (nSPS) is 12.7. The van der Waals surface area contributed by atoms with E-state index in [-0.39, 0.29) is 4.90 Å². The first-order valence-corrected chi connectivity index (χ1v) is 7.02. The van der Waals surface area contributed by atoms with Crippen LogP contribution in [0.15, 0.2) is 29.2 Å². The number of benzene rings is 1. The van der Waals surface area contributed by atoms with E-state index in [9.17, 15) is 22.4 Å². The van der Waals surface area contributed by atoms with Crippen LogP contribution < -0.4 is 15.8 Å². The van der Waals surface area contributed by atoms with Crippen LogP contribution in [-0.2, 0) is 19.6 Å². The van der Waals surface area contributed by atoms with Gasteiger partial charge in [-0.1, -0.05) is 0 Å². The second-order valence-corrected chi connectivity index (χ2v) is 5.63. The molecule has 0 aliphatic carbocycles. The molecule has 0 spiro atoms. The summed E-state index contributed by atoms with van der Waals surface area (Å²) in [6.45, 7) is 0. The molecule has 0 radical (unpaired) electrons. The number of primary amides is 1. The Hall–Kier alpha value is -2.00. The molecule has 20 heavy (non-hydrogen) atoms. The van der Waals surface area contributed by atoms with Gasteiger partial charge in [-0.3, -0.25) is 9.59 Å². The third-order valence-electron chi connectivity index (χ3n) is 2.39. The van der Waals surface area contributed by atoms with E-state index in [1.54, 1.807) is 0 Å². The summed E-state index contributed by atoms with van der Waals surface area (Å²) in [5.74, 6) is -2.13. The number of likely N-dealkylation sites (N-methyl/N-ethyl adjacent to an activating group) is 1. The Labute approximate surface area is 115 Å². The summed E-state index contributed by atoms with van der Waals surface area (Å²) < 4.78 is 38.8. The average molecular weight is 303 g/mol. The van der Waals surface area contributed by atoms with Gasteiger partial charge in [-0.05, 0) is 24.3 Å². The van der Waals surface area contributed by atoms with Gasteiger partial charge in [-0.15, -0.1) is 0 Å². The highest BCUT2D eigenvalue weighted by molar-refractivity contribution is 7.89. The van der Waals surface area contributed by atoms with Gasteiger partial charge in [-0.2, -0.15) is 4.72 Å². The van der Waals surface area contributed by atoms with Crippen LogP contribution in [0.2, 0.25) is 0 Å². The Balaban J connectivity index is 2.99. The first-order chi connectivity index (χ1) is 9.26. The van der Waals surface area contributed by atoms with E-state index in [1.165, 1.54) is 7.05 Å². The standard InChI is InChI=1S/C11H14FN3O4S/c1-14-11(17)9(6-10(13)16)15-20(18,19)8-4-2-7(12)3-5-8/h2-5,9,15H,6H2,1H3,(H2,13,16)(H,14,17)/t9-/m0/s1. The zero-order valence-corrected chi connectivity index (χ0v) is 11.4. The first-order valence-electron chi connectivity index (χ1n) is 5.54. The molecular formula is C11H14FN3O4S. The van der Waals surface area contributed by atoms with Gasteiger partial charge in [0, 0.05) is 7.05 Å². The molecule has 4 N–H and O–H groups in total. The van der Waals surface area contributed by atoms with E-state index >= 15 is 0 Å². The van der Waals surface area contributed by atoms with Crippen LogP contribution in [0.3, 0.4) is 0 Å². The summed E-state index contributed by atoms with van der Waals surface area (Å²) in [5, 5.41) is 2.22. The minimum absolute atomic E-state index is 0.225. The van der Waals surface area contributed by atoms with Gasteiger partial charge in [0.1, 0.15) is 11.9 Å². The molecule has 2 amide bonds. The van der Waals surface area contributed by atoms with Gasteiger partial charge in [0.15, 0.2) is 0 Å². The van der Waals surface area contributed by atoms with Crippen molar-refractivity contribution in [2.24, 2.45) is 5.73 Å². The van der Waals surface area contributed by atoms with Crippen LogP contribution in [0.25, 0.3) is 0 Å². The monoisotopic (exact) mass is 303 g/mol. The zero-order valence-electron chi connectivity index (χ0n) is 10.6. The number of carbonyl (C=O) groups is 2. The molecule has 0 saturated heterocycles. The van der Waals surface area contributed by atoms with Crippen molar-refractivity contribution in [3.05, 3.63) is 30.1 Å². The number of amides is 2. The topological polar surface area (TPSA) is 118 Å². The molecule has 9 heteroatoms. The average Bonchev–Trinajstić information content (AvgIpc) is 2.36. The third-order valence-corrected chi connectivity index (χ3v) is 3.88. The maximum Gasteiger partial charge on any atom is 0.241 e. The smallest absolute Gasteiger partial charge is 0.241 e. The summed E-state index contributed by atoms with van der Waals surface area (Å²) in [4.78, 5) is 22.1.